The number of nitrogens with zero attached hydrogens (tertiary/aromatic N) is 2. The highest BCUT2D eigenvalue weighted by Crippen LogP contribution is 2.05. The van der Waals surface area contributed by atoms with Crippen molar-refractivity contribution in [2.24, 2.45) is 0 Å². The Labute approximate surface area is 93.9 Å². The molecule has 6 heteroatoms. The van der Waals surface area contributed by atoms with Crippen LogP contribution in [0, 0.1) is 0 Å². The molecule has 1 saturated heterocycles. The molecule has 0 N–H and O–H groups in total. The fourth-order valence-corrected chi connectivity index (χ4v) is 1.73. The Morgan fingerprint density at radius 3 is 2.40 bits per heavy atom. The number of carbonyl (C=O) groups excluding carboxylic acids is 2. The van der Waals surface area contributed by atoms with E-state index in [1.54, 1.807) is 9.80 Å². The van der Waals surface area contributed by atoms with Gasteiger partial charge in [-0.1, -0.05) is 0 Å². The summed E-state index contributed by atoms with van der Waals surface area (Å²) in [5.74, 6) is -0.0820. The number of ether oxygens (including phenoxy) is 1. The molecular formula is C9H15ClN2O3. The summed E-state index contributed by atoms with van der Waals surface area (Å²) in [6, 6.07) is 0. The third-order valence-corrected chi connectivity index (χ3v) is 2.62. The zero-order valence-corrected chi connectivity index (χ0v) is 9.50. The Morgan fingerprint density at radius 2 is 1.80 bits per heavy atom. The molecule has 0 saturated carbocycles. The molecule has 0 aromatic carbocycles. The van der Waals surface area contributed by atoms with E-state index in [0.29, 0.717) is 26.2 Å². The van der Waals surface area contributed by atoms with Gasteiger partial charge in [0.2, 0.25) is 5.91 Å². The molecule has 0 aliphatic carbocycles. The van der Waals surface area contributed by atoms with Gasteiger partial charge in [0.1, 0.15) is 5.88 Å². The first-order valence-corrected chi connectivity index (χ1v) is 5.39. The predicted molar refractivity (Wildman–Crippen MR) is 55.9 cm³/mol. The molecule has 0 radical (unpaired) electrons. The third-order valence-electron chi connectivity index (χ3n) is 2.40. The molecule has 15 heavy (non-hydrogen) atoms. The van der Waals surface area contributed by atoms with Gasteiger partial charge in [-0.2, -0.15) is 0 Å². The monoisotopic (exact) mass is 234 g/mol. The van der Waals surface area contributed by atoms with Crippen LogP contribution >= 0.6 is 11.6 Å². The minimum Gasteiger partial charge on any atom is -0.453 e. The summed E-state index contributed by atoms with van der Waals surface area (Å²) < 4.78 is 4.62. The number of carbonyl (C=O) groups is 2. The van der Waals surface area contributed by atoms with Gasteiger partial charge in [-0.25, -0.2) is 4.79 Å². The number of methoxy groups -OCH3 is 1. The summed E-state index contributed by atoms with van der Waals surface area (Å²) >= 11 is 5.47. The third kappa shape index (κ3) is 3.27. The molecule has 2 amide bonds. The minimum absolute atomic E-state index is 0.00176. The lowest BCUT2D eigenvalue weighted by molar-refractivity contribution is -0.128. The molecule has 1 rings (SSSR count). The van der Waals surface area contributed by atoms with Crippen LogP contribution in [0.25, 0.3) is 0 Å². The van der Waals surface area contributed by atoms with Crippen LogP contribution in [-0.4, -0.2) is 61.0 Å². The van der Waals surface area contributed by atoms with Crippen molar-refractivity contribution in [3.8, 4) is 0 Å². The van der Waals surface area contributed by atoms with E-state index in [1.807, 2.05) is 0 Å². The minimum atomic E-state index is -0.338. The number of hydrogen-bond acceptors (Lipinski definition) is 3. The second-order valence-corrected chi connectivity index (χ2v) is 3.59. The number of hydrogen-bond donors (Lipinski definition) is 0. The van der Waals surface area contributed by atoms with Crippen molar-refractivity contribution in [1.29, 1.82) is 0 Å². The molecule has 1 heterocycles. The van der Waals surface area contributed by atoms with E-state index < -0.39 is 0 Å². The second-order valence-electron chi connectivity index (χ2n) is 3.33. The van der Waals surface area contributed by atoms with Crippen molar-refractivity contribution in [2.45, 2.75) is 6.42 Å². The number of rotatable bonds is 1. The SMILES string of the molecule is COC(=O)N1CCCN(C(=O)CCl)CC1. The van der Waals surface area contributed by atoms with Crippen molar-refractivity contribution in [3.05, 3.63) is 0 Å². The molecule has 0 bridgehead atoms. The van der Waals surface area contributed by atoms with Gasteiger partial charge in [0.25, 0.3) is 0 Å². The van der Waals surface area contributed by atoms with Gasteiger partial charge in [-0.15, -0.1) is 11.6 Å². The Hall–Kier alpha value is -0.970. The number of halogens is 1. The lowest BCUT2D eigenvalue weighted by Gasteiger charge is -2.20. The van der Waals surface area contributed by atoms with Crippen LogP contribution < -0.4 is 0 Å². The van der Waals surface area contributed by atoms with Crippen molar-refractivity contribution in [2.75, 3.05) is 39.2 Å². The van der Waals surface area contributed by atoms with E-state index in [-0.39, 0.29) is 17.9 Å². The van der Waals surface area contributed by atoms with E-state index in [1.165, 1.54) is 7.11 Å². The quantitative estimate of drug-likeness (QED) is 0.622. The van der Waals surface area contributed by atoms with E-state index in [9.17, 15) is 9.59 Å². The molecular weight excluding hydrogens is 220 g/mol. The fourth-order valence-electron chi connectivity index (χ4n) is 1.56. The van der Waals surface area contributed by atoms with Crippen molar-refractivity contribution < 1.29 is 14.3 Å². The van der Waals surface area contributed by atoms with Crippen LogP contribution in [0.3, 0.4) is 0 Å². The number of amides is 2. The van der Waals surface area contributed by atoms with Crippen LogP contribution in [0.2, 0.25) is 0 Å². The van der Waals surface area contributed by atoms with Gasteiger partial charge in [0.15, 0.2) is 0 Å². The Morgan fingerprint density at radius 1 is 1.20 bits per heavy atom. The molecule has 0 aromatic heterocycles. The van der Waals surface area contributed by atoms with E-state index in [2.05, 4.69) is 4.74 Å². The van der Waals surface area contributed by atoms with E-state index in [0.717, 1.165) is 6.42 Å². The summed E-state index contributed by atoms with van der Waals surface area (Å²) in [7, 11) is 1.36. The Bertz CT molecular complexity index is 224. The van der Waals surface area contributed by atoms with Gasteiger partial charge in [0, 0.05) is 26.2 Å². The molecule has 0 spiro atoms. The highest BCUT2D eigenvalue weighted by molar-refractivity contribution is 6.27. The van der Waals surface area contributed by atoms with Crippen molar-refractivity contribution >= 4 is 23.6 Å². The van der Waals surface area contributed by atoms with Gasteiger partial charge in [-0.05, 0) is 6.42 Å². The van der Waals surface area contributed by atoms with Gasteiger partial charge < -0.3 is 14.5 Å². The molecule has 1 aliphatic rings. The summed E-state index contributed by atoms with van der Waals surface area (Å²) in [6.45, 7) is 2.31. The van der Waals surface area contributed by atoms with E-state index in [4.69, 9.17) is 11.6 Å². The first-order valence-electron chi connectivity index (χ1n) is 4.85. The maximum Gasteiger partial charge on any atom is 0.409 e. The molecule has 5 nitrogen and oxygen atoms in total. The Balaban J connectivity index is 2.48. The van der Waals surface area contributed by atoms with Gasteiger partial charge in [-0.3, -0.25) is 4.79 Å². The summed E-state index contributed by atoms with van der Waals surface area (Å²) in [5.41, 5.74) is 0. The van der Waals surface area contributed by atoms with Crippen LogP contribution in [0.5, 0.6) is 0 Å². The van der Waals surface area contributed by atoms with Crippen molar-refractivity contribution in [1.82, 2.24) is 9.80 Å². The summed E-state index contributed by atoms with van der Waals surface area (Å²) in [4.78, 5) is 25.8. The van der Waals surface area contributed by atoms with Crippen LogP contribution in [0.4, 0.5) is 4.79 Å². The molecule has 0 unspecified atom stereocenters. The van der Waals surface area contributed by atoms with E-state index >= 15 is 0 Å². The Kier molecular flexibility index (Phi) is 4.68. The second kappa shape index (κ2) is 5.80. The average molecular weight is 235 g/mol. The maximum atomic E-state index is 11.3. The zero-order valence-electron chi connectivity index (χ0n) is 8.74. The van der Waals surface area contributed by atoms with Gasteiger partial charge in [0.05, 0.1) is 7.11 Å². The predicted octanol–water partition coefficient (Wildman–Crippen LogP) is 0.526. The highest BCUT2D eigenvalue weighted by atomic mass is 35.5. The standard InChI is InChI=1S/C9H15ClN2O3/c1-15-9(14)12-4-2-3-11(5-6-12)8(13)7-10/h2-7H2,1H3. The largest absolute Gasteiger partial charge is 0.453 e. The maximum absolute atomic E-state index is 11.3. The molecule has 1 aliphatic heterocycles. The molecule has 1 fully saturated rings. The van der Waals surface area contributed by atoms with Crippen LogP contribution in [0.1, 0.15) is 6.42 Å². The first-order chi connectivity index (χ1) is 7.19. The molecule has 0 atom stereocenters. The smallest absolute Gasteiger partial charge is 0.409 e. The zero-order chi connectivity index (χ0) is 11.3. The van der Waals surface area contributed by atoms with Crippen LogP contribution in [-0.2, 0) is 9.53 Å². The summed E-state index contributed by atoms with van der Waals surface area (Å²) in [6.07, 6.45) is 0.424. The molecule has 86 valence electrons. The highest BCUT2D eigenvalue weighted by Gasteiger charge is 2.21. The lowest BCUT2D eigenvalue weighted by atomic mass is 10.4. The molecule has 0 aromatic rings. The topological polar surface area (TPSA) is 49.9 Å². The van der Waals surface area contributed by atoms with Crippen LogP contribution in [0.15, 0.2) is 0 Å². The van der Waals surface area contributed by atoms with Gasteiger partial charge >= 0.3 is 6.09 Å². The fraction of sp³-hybridized carbons (Fsp3) is 0.778. The normalized spacial score (nSPS) is 17.2. The lowest BCUT2D eigenvalue weighted by Crippen LogP contribution is -2.37. The summed E-state index contributed by atoms with van der Waals surface area (Å²) in [5, 5.41) is 0. The average Bonchev–Trinajstić information content (AvgIpc) is 2.52. The van der Waals surface area contributed by atoms with Crippen molar-refractivity contribution in [3.63, 3.8) is 0 Å². The first kappa shape index (κ1) is 12.1. The number of alkyl halides is 1.